The van der Waals surface area contributed by atoms with Gasteiger partial charge in [-0.1, -0.05) is 77.9 Å². The summed E-state index contributed by atoms with van der Waals surface area (Å²) in [5.74, 6) is 0.337. The van der Waals surface area contributed by atoms with Gasteiger partial charge in [-0.2, -0.15) is 0 Å². The molecule has 0 spiro atoms. The van der Waals surface area contributed by atoms with E-state index in [2.05, 4.69) is 25.7 Å². The highest BCUT2D eigenvalue weighted by atomic mass is 32.1. The summed E-state index contributed by atoms with van der Waals surface area (Å²) in [6, 6.07) is 0. The van der Waals surface area contributed by atoms with Crippen LogP contribution in [-0.4, -0.2) is 29.5 Å². The van der Waals surface area contributed by atoms with Crippen molar-refractivity contribution in [1.29, 1.82) is 0 Å². The van der Waals surface area contributed by atoms with Crippen LogP contribution in [0.3, 0.4) is 0 Å². The zero-order valence-electron chi connectivity index (χ0n) is 13.3. The summed E-state index contributed by atoms with van der Waals surface area (Å²) in [5, 5.41) is 0. The fraction of sp³-hybridized carbons (Fsp3) is 0.938. The average molecular weight is 287 g/mol. The van der Waals surface area contributed by atoms with Crippen LogP contribution >= 0.6 is 12.2 Å². The van der Waals surface area contributed by atoms with Crippen molar-refractivity contribution in [1.82, 2.24) is 4.90 Å². The number of hydrogen-bond acceptors (Lipinski definition) is 2. The predicted octanol–water partition coefficient (Wildman–Crippen LogP) is 4.37. The molecule has 1 unspecified atom stereocenters. The van der Waals surface area contributed by atoms with Crippen LogP contribution in [-0.2, 0) is 0 Å². The van der Waals surface area contributed by atoms with Crippen LogP contribution < -0.4 is 5.73 Å². The summed E-state index contributed by atoms with van der Waals surface area (Å²) in [6.07, 6.45) is 11.1. The van der Waals surface area contributed by atoms with Crippen molar-refractivity contribution in [2.75, 3.05) is 19.6 Å². The van der Waals surface area contributed by atoms with E-state index in [0.29, 0.717) is 10.9 Å². The lowest BCUT2D eigenvalue weighted by molar-refractivity contribution is 0.265. The molecule has 2 N–H and O–H groups in total. The van der Waals surface area contributed by atoms with Crippen LogP contribution in [0.4, 0.5) is 0 Å². The first kappa shape index (κ1) is 18.9. The lowest BCUT2D eigenvalue weighted by Gasteiger charge is -2.23. The maximum Gasteiger partial charge on any atom is 0.0768 e. The van der Waals surface area contributed by atoms with Crippen molar-refractivity contribution in [3.8, 4) is 0 Å². The molecule has 0 aromatic heterocycles. The summed E-state index contributed by atoms with van der Waals surface area (Å²) in [5.41, 5.74) is 5.68. The smallest absolute Gasteiger partial charge is 0.0768 e. The molecule has 0 aliphatic heterocycles. The number of hydrogen-bond donors (Lipinski definition) is 1. The quantitative estimate of drug-likeness (QED) is 0.403. The molecule has 1 atom stereocenters. The molecular weight excluding hydrogens is 252 g/mol. The van der Waals surface area contributed by atoms with Gasteiger partial charge in [0.25, 0.3) is 0 Å². The molecule has 0 aliphatic carbocycles. The first-order valence-corrected chi connectivity index (χ1v) is 8.54. The Morgan fingerprint density at radius 3 is 2.00 bits per heavy atom. The molecule has 0 rings (SSSR count). The Morgan fingerprint density at radius 2 is 1.53 bits per heavy atom. The van der Waals surface area contributed by atoms with E-state index < -0.39 is 0 Å². The molecule has 0 radical (unpaired) electrons. The Kier molecular flexibility index (Phi) is 12.8. The molecule has 0 amide bonds. The van der Waals surface area contributed by atoms with Gasteiger partial charge in [-0.25, -0.2) is 0 Å². The van der Waals surface area contributed by atoms with Crippen LogP contribution in [0.25, 0.3) is 0 Å². The van der Waals surface area contributed by atoms with E-state index in [4.69, 9.17) is 18.0 Å². The van der Waals surface area contributed by atoms with Gasteiger partial charge in [0.2, 0.25) is 0 Å². The van der Waals surface area contributed by atoms with E-state index in [-0.39, 0.29) is 0 Å². The van der Waals surface area contributed by atoms with E-state index in [0.717, 1.165) is 13.1 Å². The van der Waals surface area contributed by atoms with Gasteiger partial charge >= 0.3 is 0 Å². The van der Waals surface area contributed by atoms with Crippen LogP contribution in [0, 0.1) is 5.92 Å². The van der Waals surface area contributed by atoms with Gasteiger partial charge in [-0.3, -0.25) is 0 Å². The molecular formula is C16H34N2S. The summed E-state index contributed by atoms with van der Waals surface area (Å²) >= 11 is 5.04. The molecule has 0 saturated heterocycles. The Labute approximate surface area is 126 Å². The van der Waals surface area contributed by atoms with Gasteiger partial charge in [-0.15, -0.1) is 0 Å². The Bertz CT molecular complexity index is 219. The lowest BCUT2D eigenvalue weighted by atomic mass is 10.1. The van der Waals surface area contributed by atoms with Gasteiger partial charge in [0, 0.05) is 12.5 Å². The second-order valence-corrected chi connectivity index (χ2v) is 6.14. The number of nitrogens with zero attached hydrogens (tertiary/aromatic N) is 1. The topological polar surface area (TPSA) is 29.3 Å². The minimum absolute atomic E-state index is 0.337. The van der Waals surface area contributed by atoms with E-state index in [1.165, 1.54) is 57.9 Å². The van der Waals surface area contributed by atoms with Crippen molar-refractivity contribution in [2.45, 2.75) is 72.1 Å². The third kappa shape index (κ3) is 11.4. The number of unbranched alkanes of at least 4 members (excludes halogenated alkanes) is 7. The second-order valence-electron chi connectivity index (χ2n) is 5.67. The van der Waals surface area contributed by atoms with Gasteiger partial charge in [-0.05, 0) is 19.5 Å². The third-order valence-electron chi connectivity index (χ3n) is 3.79. The van der Waals surface area contributed by atoms with Crippen molar-refractivity contribution in [2.24, 2.45) is 11.7 Å². The molecule has 0 saturated carbocycles. The number of rotatable bonds is 13. The number of nitrogens with two attached hydrogens (primary N) is 1. The zero-order valence-corrected chi connectivity index (χ0v) is 14.1. The van der Waals surface area contributed by atoms with Crippen LogP contribution in [0.15, 0.2) is 0 Å². The molecule has 0 aromatic rings. The SMILES string of the molecule is CCCCCCCCCCN(CC)CC(C)C(N)=S. The van der Waals surface area contributed by atoms with Crippen molar-refractivity contribution < 1.29 is 0 Å². The fourth-order valence-electron chi connectivity index (χ4n) is 2.33. The van der Waals surface area contributed by atoms with Crippen molar-refractivity contribution in [3.63, 3.8) is 0 Å². The third-order valence-corrected chi connectivity index (χ3v) is 4.20. The molecule has 2 nitrogen and oxygen atoms in total. The first-order valence-electron chi connectivity index (χ1n) is 8.13. The Balaban J connectivity index is 3.48. The fourth-order valence-corrected chi connectivity index (χ4v) is 2.40. The van der Waals surface area contributed by atoms with Gasteiger partial charge < -0.3 is 10.6 Å². The minimum Gasteiger partial charge on any atom is -0.393 e. The first-order chi connectivity index (χ1) is 9.11. The molecule has 0 fully saturated rings. The highest BCUT2D eigenvalue weighted by Gasteiger charge is 2.10. The average Bonchev–Trinajstić information content (AvgIpc) is 2.39. The zero-order chi connectivity index (χ0) is 14.5. The van der Waals surface area contributed by atoms with E-state index in [1.807, 2.05) is 0 Å². The summed E-state index contributed by atoms with van der Waals surface area (Å²) in [6.45, 7) is 9.92. The molecule has 0 aromatic carbocycles. The van der Waals surface area contributed by atoms with Gasteiger partial charge in [0.15, 0.2) is 0 Å². The monoisotopic (exact) mass is 286 g/mol. The van der Waals surface area contributed by atoms with Crippen LogP contribution in [0.5, 0.6) is 0 Å². The van der Waals surface area contributed by atoms with Crippen molar-refractivity contribution in [3.05, 3.63) is 0 Å². The van der Waals surface area contributed by atoms with E-state index in [9.17, 15) is 0 Å². The molecule has 0 heterocycles. The summed E-state index contributed by atoms with van der Waals surface area (Å²) < 4.78 is 0. The lowest BCUT2D eigenvalue weighted by Crippen LogP contribution is -2.34. The number of thiocarbonyl (C=S) groups is 1. The van der Waals surface area contributed by atoms with Crippen LogP contribution in [0.2, 0.25) is 0 Å². The Hall–Kier alpha value is -0.150. The van der Waals surface area contributed by atoms with E-state index >= 15 is 0 Å². The van der Waals surface area contributed by atoms with Crippen LogP contribution in [0.1, 0.15) is 72.1 Å². The van der Waals surface area contributed by atoms with E-state index in [1.54, 1.807) is 0 Å². The highest BCUT2D eigenvalue weighted by Crippen LogP contribution is 2.09. The minimum atomic E-state index is 0.337. The molecule has 0 bridgehead atoms. The summed E-state index contributed by atoms with van der Waals surface area (Å²) in [4.78, 5) is 3.12. The maximum absolute atomic E-state index is 5.68. The normalized spacial score (nSPS) is 12.8. The highest BCUT2D eigenvalue weighted by molar-refractivity contribution is 7.80. The second kappa shape index (κ2) is 12.9. The maximum atomic E-state index is 5.68. The standard InChI is InChI=1S/C16H34N2S/c1-4-6-7-8-9-10-11-12-13-18(5-2)14-15(3)16(17)19/h15H,4-14H2,1-3H3,(H2,17,19). The Morgan fingerprint density at radius 1 is 1.00 bits per heavy atom. The summed E-state index contributed by atoms with van der Waals surface area (Å²) in [7, 11) is 0. The molecule has 0 aliphatic rings. The largest absolute Gasteiger partial charge is 0.393 e. The molecule has 114 valence electrons. The molecule has 19 heavy (non-hydrogen) atoms. The molecule has 3 heteroatoms. The van der Waals surface area contributed by atoms with Crippen molar-refractivity contribution >= 4 is 17.2 Å². The van der Waals surface area contributed by atoms with Gasteiger partial charge in [0.1, 0.15) is 0 Å². The predicted molar refractivity (Wildman–Crippen MR) is 90.7 cm³/mol. The van der Waals surface area contributed by atoms with Gasteiger partial charge in [0.05, 0.1) is 4.99 Å².